The topological polar surface area (TPSA) is 108 Å². The summed E-state index contributed by atoms with van der Waals surface area (Å²) in [6, 6.07) is 16.8. The van der Waals surface area contributed by atoms with Gasteiger partial charge in [0.2, 0.25) is 5.89 Å². The Hall–Kier alpha value is -4.20. The number of methoxy groups -OCH3 is 1. The largest absolute Gasteiger partial charge is 0.490 e. The van der Waals surface area contributed by atoms with Crippen LogP contribution in [0.4, 0.5) is 11.4 Å². The molecule has 0 atom stereocenters. The number of hydrogen-bond donors (Lipinski definition) is 1. The minimum absolute atomic E-state index is 0.0877. The fourth-order valence-corrected chi connectivity index (χ4v) is 3.07. The average Bonchev–Trinajstić information content (AvgIpc) is 3.16. The lowest BCUT2D eigenvalue weighted by atomic mass is 10.1. The third-order valence-electron chi connectivity index (χ3n) is 4.55. The number of fused-ring (bicyclic) bond motifs is 1. The van der Waals surface area contributed by atoms with Crippen molar-refractivity contribution in [2.45, 2.75) is 6.92 Å². The predicted octanol–water partition coefficient (Wildman–Crippen LogP) is 4.97. The molecule has 0 saturated carbocycles. The van der Waals surface area contributed by atoms with E-state index >= 15 is 0 Å². The summed E-state index contributed by atoms with van der Waals surface area (Å²) in [6.07, 6.45) is 0. The predicted molar refractivity (Wildman–Crippen MR) is 112 cm³/mol. The number of aromatic nitrogens is 1. The van der Waals surface area contributed by atoms with Gasteiger partial charge in [0, 0.05) is 22.9 Å². The van der Waals surface area contributed by atoms with Crippen molar-refractivity contribution in [3.05, 3.63) is 81.9 Å². The maximum absolute atomic E-state index is 12.6. The van der Waals surface area contributed by atoms with Gasteiger partial charge in [-0.3, -0.25) is 14.9 Å². The lowest BCUT2D eigenvalue weighted by Gasteiger charge is -2.07. The molecule has 1 amide bonds. The molecule has 1 heterocycles. The van der Waals surface area contributed by atoms with E-state index < -0.39 is 10.8 Å². The monoisotopic (exact) mass is 403 g/mol. The zero-order valence-corrected chi connectivity index (χ0v) is 16.2. The van der Waals surface area contributed by atoms with Gasteiger partial charge in [-0.2, -0.15) is 0 Å². The number of carbonyl (C=O) groups is 1. The highest BCUT2D eigenvalue weighted by Gasteiger charge is 2.18. The number of benzene rings is 3. The minimum atomic E-state index is -0.592. The minimum Gasteiger partial charge on any atom is -0.490 e. The standard InChI is InChI=1S/C22H17N3O5/c1-13-6-8-19-17(10-13)24-22(30-19)15-4-3-5-16(11-15)23-21(26)14-7-9-20(29-2)18(12-14)25(27)28/h3-12H,1-2H3,(H,23,26). The van der Waals surface area contributed by atoms with E-state index in [1.54, 1.807) is 18.2 Å². The Kier molecular flexibility index (Phi) is 4.89. The van der Waals surface area contributed by atoms with E-state index in [2.05, 4.69) is 10.3 Å². The number of hydrogen-bond acceptors (Lipinski definition) is 6. The highest BCUT2D eigenvalue weighted by Crippen LogP contribution is 2.29. The number of anilines is 1. The zero-order valence-electron chi connectivity index (χ0n) is 16.2. The van der Waals surface area contributed by atoms with Crippen molar-refractivity contribution in [2.75, 3.05) is 12.4 Å². The Morgan fingerprint density at radius 3 is 2.73 bits per heavy atom. The molecule has 0 unspecified atom stereocenters. The van der Waals surface area contributed by atoms with Crippen LogP contribution in [0.1, 0.15) is 15.9 Å². The molecule has 8 heteroatoms. The highest BCUT2D eigenvalue weighted by molar-refractivity contribution is 6.05. The summed E-state index contributed by atoms with van der Waals surface area (Å²) in [5.74, 6) is 0.0441. The molecule has 0 aliphatic rings. The molecule has 0 radical (unpaired) electrons. The number of carbonyl (C=O) groups excluding carboxylic acids is 1. The molecule has 0 spiro atoms. The summed E-state index contributed by atoms with van der Waals surface area (Å²) < 4.78 is 10.8. The van der Waals surface area contributed by atoms with E-state index in [4.69, 9.17) is 9.15 Å². The molecule has 4 rings (SSSR count). The first-order chi connectivity index (χ1) is 14.4. The first-order valence-corrected chi connectivity index (χ1v) is 9.06. The SMILES string of the molecule is COc1ccc(C(=O)Nc2cccc(-c3nc4cc(C)ccc4o3)c2)cc1[N+](=O)[O-]. The van der Waals surface area contributed by atoms with Gasteiger partial charge in [0.05, 0.1) is 12.0 Å². The van der Waals surface area contributed by atoms with Crippen molar-refractivity contribution in [3.8, 4) is 17.2 Å². The van der Waals surface area contributed by atoms with Gasteiger partial charge in [-0.05, 0) is 55.0 Å². The van der Waals surface area contributed by atoms with Gasteiger partial charge < -0.3 is 14.5 Å². The van der Waals surface area contributed by atoms with Crippen molar-refractivity contribution in [2.24, 2.45) is 0 Å². The fourth-order valence-electron chi connectivity index (χ4n) is 3.07. The maximum Gasteiger partial charge on any atom is 0.311 e. The van der Waals surface area contributed by atoms with Crippen LogP contribution in [0, 0.1) is 17.0 Å². The summed E-state index contributed by atoms with van der Waals surface area (Å²) in [5, 5.41) is 13.9. The van der Waals surface area contributed by atoms with Crippen LogP contribution >= 0.6 is 0 Å². The molecule has 4 aromatic rings. The Morgan fingerprint density at radius 1 is 1.13 bits per heavy atom. The number of nitrogens with zero attached hydrogens (tertiary/aromatic N) is 2. The molecular weight excluding hydrogens is 386 g/mol. The van der Waals surface area contributed by atoms with E-state index in [0.29, 0.717) is 22.7 Å². The first kappa shape index (κ1) is 19.1. The average molecular weight is 403 g/mol. The number of nitro groups is 1. The molecule has 0 saturated heterocycles. The van der Waals surface area contributed by atoms with Crippen molar-refractivity contribution in [3.63, 3.8) is 0 Å². The summed E-state index contributed by atoms with van der Waals surface area (Å²) in [6.45, 7) is 1.98. The van der Waals surface area contributed by atoms with Crippen molar-refractivity contribution >= 4 is 28.4 Å². The molecule has 8 nitrogen and oxygen atoms in total. The van der Waals surface area contributed by atoms with Gasteiger partial charge in [0.25, 0.3) is 5.91 Å². The lowest BCUT2D eigenvalue weighted by Crippen LogP contribution is -2.12. The van der Waals surface area contributed by atoms with Gasteiger partial charge in [0.15, 0.2) is 11.3 Å². The van der Waals surface area contributed by atoms with Gasteiger partial charge in [-0.25, -0.2) is 4.98 Å². The Labute approximate surface area is 171 Å². The maximum atomic E-state index is 12.6. The number of ether oxygens (including phenoxy) is 1. The van der Waals surface area contributed by atoms with E-state index in [-0.39, 0.29) is 17.0 Å². The molecule has 150 valence electrons. The molecule has 0 aliphatic heterocycles. The normalized spacial score (nSPS) is 10.7. The second kappa shape index (κ2) is 7.67. The smallest absolute Gasteiger partial charge is 0.311 e. The van der Waals surface area contributed by atoms with Crippen molar-refractivity contribution < 1.29 is 18.9 Å². The fraction of sp³-hybridized carbons (Fsp3) is 0.0909. The summed E-state index contributed by atoms with van der Waals surface area (Å²) >= 11 is 0. The van der Waals surface area contributed by atoms with Crippen LogP contribution in [0.25, 0.3) is 22.6 Å². The number of nitro benzene ring substituents is 1. The molecule has 3 aromatic carbocycles. The summed E-state index contributed by atoms with van der Waals surface area (Å²) in [7, 11) is 1.33. The molecular formula is C22H17N3O5. The highest BCUT2D eigenvalue weighted by atomic mass is 16.6. The number of oxazole rings is 1. The summed E-state index contributed by atoms with van der Waals surface area (Å²) in [5.41, 5.74) is 3.58. The third-order valence-corrected chi connectivity index (χ3v) is 4.55. The Bertz CT molecular complexity index is 1280. The lowest BCUT2D eigenvalue weighted by molar-refractivity contribution is -0.385. The third kappa shape index (κ3) is 3.70. The van der Waals surface area contributed by atoms with Crippen LogP contribution in [0.3, 0.4) is 0 Å². The van der Waals surface area contributed by atoms with Crippen LogP contribution in [-0.2, 0) is 0 Å². The molecule has 0 fully saturated rings. The van der Waals surface area contributed by atoms with Crippen LogP contribution in [0.5, 0.6) is 5.75 Å². The molecule has 1 N–H and O–H groups in total. The summed E-state index contributed by atoms with van der Waals surface area (Å²) in [4.78, 5) is 27.7. The van der Waals surface area contributed by atoms with E-state index in [1.165, 1.54) is 25.3 Å². The number of nitrogens with one attached hydrogen (secondary N) is 1. The van der Waals surface area contributed by atoms with Crippen LogP contribution < -0.4 is 10.1 Å². The van der Waals surface area contributed by atoms with Gasteiger partial charge in [-0.15, -0.1) is 0 Å². The first-order valence-electron chi connectivity index (χ1n) is 9.06. The number of amides is 1. The quantitative estimate of drug-likeness (QED) is 0.372. The zero-order chi connectivity index (χ0) is 21.3. The molecule has 1 aromatic heterocycles. The van der Waals surface area contributed by atoms with Crippen LogP contribution in [0.15, 0.2) is 65.1 Å². The Morgan fingerprint density at radius 2 is 1.97 bits per heavy atom. The van der Waals surface area contributed by atoms with E-state index in [0.717, 1.165) is 11.1 Å². The molecule has 0 aliphatic carbocycles. The molecule has 0 bridgehead atoms. The van der Waals surface area contributed by atoms with Gasteiger partial charge in [-0.1, -0.05) is 12.1 Å². The number of aryl methyl sites for hydroxylation is 1. The van der Waals surface area contributed by atoms with Gasteiger partial charge in [0.1, 0.15) is 5.52 Å². The van der Waals surface area contributed by atoms with Crippen LogP contribution in [0.2, 0.25) is 0 Å². The van der Waals surface area contributed by atoms with Gasteiger partial charge >= 0.3 is 5.69 Å². The Balaban J connectivity index is 1.60. The van der Waals surface area contributed by atoms with E-state index in [9.17, 15) is 14.9 Å². The van der Waals surface area contributed by atoms with Crippen LogP contribution in [-0.4, -0.2) is 22.9 Å². The second-order valence-electron chi connectivity index (χ2n) is 6.67. The van der Waals surface area contributed by atoms with Crippen molar-refractivity contribution in [1.82, 2.24) is 4.98 Å². The second-order valence-corrected chi connectivity index (χ2v) is 6.67. The molecule has 30 heavy (non-hydrogen) atoms. The number of rotatable bonds is 5. The van der Waals surface area contributed by atoms with Crippen molar-refractivity contribution in [1.29, 1.82) is 0 Å². The van der Waals surface area contributed by atoms with E-state index in [1.807, 2.05) is 31.2 Å².